The summed E-state index contributed by atoms with van der Waals surface area (Å²) in [6, 6.07) is 25.5. The average molecular weight is 358 g/mol. The second-order valence-corrected chi connectivity index (χ2v) is 7.05. The normalized spacial score (nSPS) is 11.0. The molecule has 0 aliphatic heterocycles. The first-order chi connectivity index (χ1) is 12.7. The molecule has 4 heteroatoms. The molecule has 0 amide bonds. The molecule has 4 rings (SSSR count). The van der Waals surface area contributed by atoms with Crippen LogP contribution in [0, 0.1) is 6.92 Å². The molecular weight excluding hydrogens is 340 g/mol. The van der Waals surface area contributed by atoms with Crippen molar-refractivity contribution >= 4 is 22.7 Å². The van der Waals surface area contributed by atoms with Gasteiger partial charge in [0.15, 0.2) is 5.16 Å². The van der Waals surface area contributed by atoms with E-state index in [1.165, 1.54) is 11.1 Å². The fourth-order valence-electron chi connectivity index (χ4n) is 2.93. The van der Waals surface area contributed by atoms with Crippen molar-refractivity contribution in [2.24, 2.45) is 0 Å². The molecule has 0 aliphatic rings. The Balaban J connectivity index is 1.84. The Kier molecular flexibility index (Phi) is 4.59. The van der Waals surface area contributed by atoms with Gasteiger partial charge in [0.25, 0.3) is 5.56 Å². The molecule has 0 bridgehead atoms. The lowest BCUT2D eigenvalue weighted by Gasteiger charge is -2.13. The van der Waals surface area contributed by atoms with Crippen molar-refractivity contribution in [2.45, 2.75) is 17.8 Å². The molecular formula is C22H18N2OS. The zero-order valence-corrected chi connectivity index (χ0v) is 15.2. The summed E-state index contributed by atoms with van der Waals surface area (Å²) in [4.78, 5) is 17.9. The first-order valence-electron chi connectivity index (χ1n) is 8.48. The van der Waals surface area contributed by atoms with E-state index >= 15 is 0 Å². The molecule has 0 saturated heterocycles. The summed E-state index contributed by atoms with van der Waals surface area (Å²) in [5.41, 5.74) is 4.03. The van der Waals surface area contributed by atoms with Crippen LogP contribution in [0.1, 0.15) is 11.1 Å². The molecule has 0 aliphatic carbocycles. The Morgan fingerprint density at radius 3 is 2.38 bits per heavy atom. The van der Waals surface area contributed by atoms with Crippen molar-refractivity contribution in [3.63, 3.8) is 0 Å². The predicted molar refractivity (Wildman–Crippen MR) is 108 cm³/mol. The molecule has 3 aromatic carbocycles. The quantitative estimate of drug-likeness (QED) is 0.381. The number of hydrogen-bond acceptors (Lipinski definition) is 3. The van der Waals surface area contributed by atoms with Crippen molar-refractivity contribution in [1.29, 1.82) is 0 Å². The summed E-state index contributed by atoms with van der Waals surface area (Å²) < 4.78 is 1.71. The van der Waals surface area contributed by atoms with Crippen LogP contribution >= 0.6 is 11.8 Å². The molecule has 128 valence electrons. The number of thioether (sulfide) groups is 1. The fourth-order valence-corrected chi connectivity index (χ4v) is 4.02. The maximum Gasteiger partial charge on any atom is 0.266 e. The number of fused-ring (bicyclic) bond motifs is 1. The van der Waals surface area contributed by atoms with Crippen LogP contribution in [-0.4, -0.2) is 9.55 Å². The summed E-state index contributed by atoms with van der Waals surface area (Å²) in [6.07, 6.45) is 0. The summed E-state index contributed by atoms with van der Waals surface area (Å²) in [5.74, 6) is 0.768. The third-order valence-electron chi connectivity index (χ3n) is 4.38. The zero-order chi connectivity index (χ0) is 17.9. The highest BCUT2D eigenvalue weighted by Gasteiger charge is 2.13. The highest BCUT2D eigenvalue weighted by molar-refractivity contribution is 7.98. The zero-order valence-electron chi connectivity index (χ0n) is 14.4. The first kappa shape index (κ1) is 16.6. The van der Waals surface area contributed by atoms with Gasteiger partial charge in [0, 0.05) is 5.75 Å². The molecule has 0 atom stereocenters. The van der Waals surface area contributed by atoms with E-state index in [4.69, 9.17) is 4.98 Å². The minimum atomic E-state index is -0.0333. The first-order valence-corrected chi connectivity index (χ1v) is 9.47. The van der Waals surface area contributed by atoms with E-state index < -0.39 is 0 Å². The maximum atomic E-state index is 13.1. The van der Waals surface area contributed by atoms with Crippen LogP contribution in [0.15, 0.2) is 88.8 Å². The second kappa shape index (κ2) is 7.18. The van der Waals surface area contributed by atoms with Gasteiger partial charge in [0.2, 0.25) is 0 Å². The van der Waals surface area contributed by atoms with E-state index in [-0.39, 0.29) is 5.56 Å². The van der Waals surface area contributed by atoms with Gasteiger partial charge in [-0.3, -0.25) is 9.36 Å². The second-order valence-electron chi connectivity index (χ2n) is 6.10. The van der Waals surface area contributed by atoms with Crippen LogP contribution in [0.2, 0.25) is 0 Å². The van der Waals surface area contributed by atoms with Crippen molar-refractivity contribution in [3.8, 4) is 5.69 Å². The lowest BCUT2D eigenvalue weighted by Crippen LogP contribution is -2.21. The van der Waals surface area contributed by atoms with Crippen LogP contribution in [0.5, 0.6) is 0 Å². The molecule has 26 heavy (non-hydrogen) atoms. The van der Waals surface area contributed by atoms with Crippen LogP contribution in [0.3, 0.4) is 0 Å². The van der Waals surface area contributed by atoms with Crippen molar-refractivity contribution in [3.05, 3.63) is 100 Å². The minimum Gasteiger partial charge on any atom is -0.268 e. The summed E-state index contributed by atoms with van der Waals surface area (Å²) in [5, 5.41) is 1.35. The highest BCUT2D eigenvalue weighted by Crippen LogP contribution is 2.25. The molecule has 0 N–H and O–H groups in total. The van der Waals surface area contributed by atoms with Gasteiger partial charge in [-0.2, -0.15) is 0 Å². The monoisotopic (exact) mass is 358 g/mol. The van der Waals surface area contributed by atoms with Crippen LogP contribution in [0.25, 0.3) is 16.6 Å². The van der Waals surface area contributed by atoms with Gasteiger partial charge in [-0.25, -0.2) is 4.98 Å². The SMILES string of the molecule is Cc1ccccc1CSc1nc2ccccc2c(=O)n1-c1ccccc1. The van der Waals surface area contributed by atoms with Gasteiger partial charge in [-0.1, -0.05) is 66.4 Å². The number of benzene rings is 3. The Morgan fingerprint density at radius 2 is 1.58 bits per heavy atom. The largest absolute Gasteiger partial charge is 0.268 e. The fraction of sp³-hybridized carbons (Fsp3) is 0.0909. The Morgan fingerprint density at radius 1 is 0.885 bits per heavy atom. The van der Waals surface area contributed by atoms with E-state index in [1.807, 2.05) is 66.7 Å². The maximum absolute atomic E-state index is 13.1. The summed E-state index contributed by atoms with van der Waals surface area (Å²) in [7, 11) is 0. The molecule has 0 fully saturated rings. The van der Waals surface area contributed by atoms with Crippen LogP contribution in [-0.2, 0) is 5.75 Å². The molecule has 4 aromatic rings. The summed E-state index contributed by atoms with van der Waals surface area (Å²) >= 11 is 1.59. The molecule has 0 unspecified atom stereocenters. The Hall–Kier alpha value is -2.85. The smallest absolute Gasteiger partial charge is 0.266 e. The average Bonchev–Trinajstić information content (AvgIpc) is 2.68. The number of nitrogens with zero attached hydrogens (tertiary/aromatic N) is 2. The van der Waals surface area contributed by atoms with Crippen molar-refractivity contribution < 1.29 is 0 Å². The van der Waals surface area contributed by atoms with Gasteiger partial charge in [-0.05, 0) is 42.3 Å². The van der Waals surface area contributed by atoms with Gasteiger partial charge >= 0.3 is 0 Å². The number of aryl methyl sites for hydroxylation is 1. The van der Waals surface area contributed by atoms with Gasteiger partial charge in [0.1, 0.15) is 0 Å². The number of hydrogen-bond donors (Lipinski definition) is 0. The number of aromatic nitrogens is 2. The highest BCUT2D eigenvalue weighted by atomic mass is 32.2. The Labute approximate surface area is 156 Å². The van der Waals surface area contributed by atoms with Crippen LogP contribution in [0.4, 0.5) is 0 Å². The van der Waals surface area contributed by atoms with Crippen molar-refractivity contribution in [2.75, 3.05) is 0 Å². The van der Waals surface area contributed by atoms with E-state index in [0.29, 0.717) is 10.5 Å². The Bertz CT molecular complexity index is 1120. The molecule has 3 nitrogen and oxygen atoms in total. The predicted octanol–water partition coefficient (Wildman–Crippen LogP) is 4.99. The lowest BCUT2D eigenvalue weighted by atomic mass is 10.1. The van der Waals surface area contributed by atoms with E-state index in [2.05, 4.69) is 19.1 Å². The molecule has 0 spiro atoms. The number of rotatable bonds is 4. The standard InChI is InChI=1S/C22H18N2OS/c1-16-9-5-6-10-17(16)15-26-22-23-20-14-8-7-13-19(20)21(25)24(22)18-11-3-2-4-12-18/h2-14H,15H2,1H3. The summed E-state index contributed by atoms with van der Waals surface area (Å²) in [6.45, 7) is 2.11. The van der Waals surface area contributed by atoms with Gasteiger partial charge in [0.05, 0.1) is 16.6 Å². The molecule has 0 radical (unpaired) electrons. The van der Waals surface area contributed by atoms with Crippen molar-refractivity contribution in [1.82, 2.24) is 9.55 Å². The molecule has 1 aromatic heterocycles. The molecule has 0 saturated carbocycles. The third-order valence-corrected chi connectivity index (χ3v) is 5.36. The molecule has 1 heterocycles. The number of para-hydroxylation sites is 2. The third kappa shape index (κ3) is 3.16. The van der Waals surface area contributed by atoms with E-state index in [1.54, 1.807) is 16.3 Å². The minimum absolute atomic E-state index is 0.0333. The van der Waals surface area contributed by atoms with Gasteiger partial charge < -0.3 is 0 Å². The topological polar surface area (TPSA) is 34.9 Å². The van der Waals surface area contributed by atoms with E-state index in [9.17, 15) is 4.79 Å². The lowest BCUT2D eigenvalue weighted by molar-refractivity contribution is 0.819. The van der Waals surface area contributed by atoms with Gasteiger partial charge in [-0.15, -0.1) is 0 Å². The van der Waals surface area contributed by atoms with E-state index in [0.717, 1.165) is 17.0 Å². The van der Waals surface area contributed by atoms with Crippen LogP contribution < -0.4 is 5.56 Å².